The molecule has 0 spiro atoms. The molecule has 8 nitrogen and oxygen atoms in total. The molecule has 3 amide bonds. The van der Waals surface area contributed by atoms with Crippen LogP contribution in [0.25, 0.3) is 6.08 Å². The van der Waals surface area contributed by atoms with Crippen molar-refractivity contribution < 1.29 is 19.5 Å². The van der Waals surface area contributed by atoms with Crippen molar-refractivity contribution in [2.75, 3.05) is 5.75 Å². The molecule has 2 heterocycles. The van der Waals surface area contributed by atoms with Gasteiger partial charge in [0, 0.05) is 0 Å². The highest BCUT2D eigenvalue weighted by Gasteiger charge is 2.31. The zero-order valence-corrected chi connectivity index (χ0v) is 13.6. The van der Waals surface area contributed by atoms with Crippen molar-refractivity contribution in [3.8, 4) is 5.75 Å². The maximum atomic E-state index is 12.1. The first-order chi connectivity index (χ1) is 11.4. The highest BCUT2D eigenvalue weighted by atomic mass is 32.2. The smallest absolute Gasteiger partial charge is 0.263 e. The highest BCUT2D eigenvalue weighted by molar-refractivity contribution is 8.23. The maximum absolute atomic E-state index is 12.1. The summed E-state index contributed by atoms with van der Waals surface area (Å²) < 4.78 is 0.251. The van der Waals surface area contributed by atoms with E-state index in [1.807, 2.05) is 0 Å². The SMILES string of the molecule is O=C1NC(=NN2C(=O)CSC2=S)NC(=O)C1=Cc1ccc(O)cc1. The molecule has 10 heteroatoms. The Morgan fingerprint density at radius 1 is 1.17 bits per heavy atom. The van der Waals surface area contributed by atoms with E-state index in [1.54, 1.807) is 12.1 Å². The Hall–Kier alpha value is -2.72. The summed E-state index contributed by atoms with van der Waals surface area (Å²) in [6.07, 6.45) is 1.38. The van der Waals surface area contributed by atoms with Crippen molar-refractivity contribution in [1.29, 1.82) is 0 Å². The van der Waals surface area contributed by atoms with Crippen LogP contribution in [0.2, 0.25) is 0 Å². The average molecular weight is 362 g/mol. The molecule has 2 fully saturated rings. The Balaban J connectivity index is 1.81. The Kier molecular flexibility index (Phi) is 4.32. The van der Waals surface area contributed by atoms with Crippen LogP contribution in [0, 0.1) is 0 Å². The molecule has 122 valence electrons. The number of phenols is 1. The summed E-state index contributed by atoms with van der Waals surface area (Å²) in [7, 11) is 0. The summed E-state index contributed by atoms with van der Waals surface area (Å²) >= 11 is 6.12. The number of nitrogens with one attached hydrogen (secondary N) is 2. The normalized spacial score (nSPS) is 17.8. The monoisotopic (exact) mass is 362 g/mol. The number of nitrogens with zero attached hydrogens (tertiary/aromatic N) is 2. The lowest BCUT2D eigenvalue weighted by atomic mass is 10.1. The van der Waals surface area contributed by atoms with Crippen LogP contribution in [0.1, 0.15) is 5.56 Å². The first-order valence-electron chi connectivity index (χ1n) is 6.66. The van der Waals surface area contributed by atoms with Gasteiger partial charge in [-0.2, -0.15) is 5.01 Å². The highest BCUT2D eigenvalue weighted by Crippen LogP contribution is 2.19. The first kappa shape index (κ1) is 16.1. The average Bonchev–Trinajstić information content (AvgIpc) is 2.85. The van der Waals surface area contributed by atoms with E-state index < -0.39 is 11.8 Å². The Morgan fingerprint density at radius 2 is 1.79 bits per heavy atom. The summed E-state index contributed by atoms with van der Waals surface area (Å²) in [6.45, 7) is 0. The van der Waals surface area contributed by atoms with Crippen molar-refractivity contribution in [1.82, 2.24) is 15.6 Å². The minimum atomic E-state index is -0.657. The molecule has 0 radical (unpaired) electrons. The summed E-state index contributed by atoms with van der Waals surface area (Å²) in [5, 5.41) is 18.9. The van der Waals surface area contributed by atoms with Gasteiger partial charge in [-0.15, -0.1) is 5.10 Å². The molecular weight excluding hydrogens is 352 g/mol. The molecule has 0 aliphatic carbocycles. The van der Waals surface area contributed by atoms with Crippen molar-refractivity contribution in [3.63, 3.8) is 0 Å². The number of hydrazone groups is 1. The fraction of sp³-hybridized carbons (Fsp3) is 0.0714. The minimum absolute atomic E-state index is 0.0771. The van der Waals surface area contributed by atoms with Gasteiger partial charge in [0.25, 0.3) is 17.7 Å². The van der Waals surface area contributed by atoms with Gasteiger partial charge >= 0.3 is 0 Å². The molecular formula is C14H10N4O4S2. The predicted octanol–water partition coefficient (Wildman–Crippen LogP) is 0.153. The van der Waals surface area contributed by atoms with Gasteiger partial charge < -0.3 is 5.11 Å². The first-order valence-corrected chi connectivity index (χ1v) is 8.05. The lowest BCUT2D eigenvalue weighted by molar-refractivity contribution is -0.125. The summed E-state index contributed by atoms with van der Waals surface area (Å²) in [5.74, 6) is -1.55. The number of hydrogen-bond donors (Lipinski definition) is 3. The molecule has 2 aliphatic heterocycles. The second-order valence-electron chi connectivity index (χ2n) is 4.77. The number of phenolic OH excluding ortho intramolecular Hbond substituents is 1. The van der Waals surface area contributed by atoms with Gasteiger partial charge in [0.15, 0.2) is 4.32 Å². The quantitative estimate of drug-likeness (QED) is 0.392. The zero-order valence-electron chi connectivity index (χ0n) is 12.0. The van der Waals surface area contributed by atoms with E-state index >= 15 is 0 Å². The number of carbonyl (C=O) groups excluding carboxylic acids is 3. The maximum Gasteiger partial charge on any atom is 0.263 e. The van der Waals surface area contributed by atoms with Crippen molar-refractivity contribution in [2.45, 2.75) is 0 Å². The van der Waals surface area contributed by atoms with E-state index in [0.29, 0.717) is 5.56 Å². The van der Waals surface area contributed by atoms with Gasteiger partial charge in [-0.1, -0.05) is 36.1 Å². The summed E-state index contributed by atoms with van der Waals surface area (Å²) in [6, 6.07) is 6.00. The van der Waals surface area contributed by atoms with Crippen LogP contribution >= 0.6 is 24.0 Å². The van der Waals surface area contributed by atoms with Gasteiger partial charge in [-0.05, 0) is 23.8 Å². The molecule has 0 aromatic heterocycles. The van der Waals surface area contributed by atoms with E-state index in [1.165, 1.54) is 18.2 Å². The number of thiocarbonyl (C=S) groups is 1. The van der Waals surface area contributed by atoms with E-state index in [9.17, 15) is 19.5 Å². The Morgan fingerprint density at radius 3 is 2.33 bits per heavy atom. The standard InChI is InChI=1S/C14H10N4O4S2/c19-8-3-1-7(2-4-8)5-9-11(21)15-13(16-12(9)22)17-18-10(20)6-24-14(18)23/h1-5,19H,6H2,(H2,15,16,17,21,22). The van der Waals surface area contributed by atoms with E-state index in [0.717, 1.165) is 16.8 Å². The molecule has 2 aliphatic rings. The van der Waals surface area contributed by atoms with Gasteiger partial charge in [0.1, 0.15) is 11.3 Å². The van der Waals surface area contributed by atoms with E-state index in [-0.39, 0.29) is 33.3 Å². The third-order valence-electron chi connectivity index (χ3n) is 3.09. The number of benzene rings is 1. The molecule has 3 N–H and O–H groups in total. The van der Waals surface area contributed by atoms with Gasteiger partial charge in [-0.25, -0.2) is 0 Å². The van der Waals surface area contributed by atoms with Crippen molar-refractivity contribution in [2.24, 2.45) is 5.10 Å². The van der Waals surface area contributed by atoms with Gasteiger partial charge in [-0.3, -0.25) is 25.0 Å². The fourth-order valence-corrected chi connectivity index (χ4v) is 2.90. The van der Waals surface area contributed by atoms with Crippen LogP contribution in [0.3, 0.4) is 0 Å². The molecule has 0 saturated carbocycles. The topological polar surface area (TPSA) is 111 Å². The van der Waals surface area contributed by atoms with E-state index in [2.05, 4.69) is 15.7 Å². The number of amides is 3. The lowest BCUT2D eigenvalue weighted by Crippen LogP contribution is -2.53. The Bertz CT molecular complexity index is 779. The van der Waals surface area contributed by atoms with E-state index in [4.69, 9.17) is 12.2 Å². The third-order valence-corrected chi connectivity index (χ3v) is 4.42. The third kappa shape index (κ3) is 3.29. The largest absolute Gasteiger partial charge is 0.508 e. The number of guanidine groups is 1. The van der Waals surface area contributed by atoms with Crippen molar-refractivity contribution >= 4 is 58.1 Å². The predicted molar refractivity (Wildman–Crippen MR) is 91.7 cm³/mol. The van der Waals surface area contributed by atoms with Crippen LogP contribution in [-0.2, 0) is 14.4 Å². The van der Waals surface area contributed by atoms with Crippen LogP contribution in [0.4, 0.5) is 0 Å². The second kappa shape index (κ2) is 6.42. The molecule has 1 aromatic rings. The molecule has 0 unspecified atom stereocenters. The lowest BCUT2D eigenvalue weighted by Gasteiger charge is -2.19. The zero-order chi connectivity index (χ0) is 17.3. The summed E-state index contributed by atoms with van der Waals surface area (Å²) in [5.41, 5.74) is 0.449. The summed E-state index contributed by atoms with van der Waals surface area (Å²) in [4.78, 5) is 35.8. The van der Waals surface area contributed by atoms with Crippen molar-refractivity contribution in [3.05, 3.63) is 35.4 Å². The molecule has 0 bridgehead atoms. The van der Waals surface area contributed by atoms with Crippen LogP contribution in [-0.4, -0.2) is 43.9 Å². The number of carbonyl (C=O) groups is 3. The molecule has 3 rings (SSSR count). The minimum Gasteiger partial charge on any atom is -0.508 e. The second-order valence-corrected chi connectivity index (χ2v) is 6.38. The molecule has 0 atom stereocenters. The van der Waals surface area contributed by atoms with Crippen LogP contribution in [0.5, 0.6) is 5.75 Å². The van der Waals surface area contributed by atoms with Crippen LogP contribution in [0.15, 0.2) is 34.9 Å². The van der Waals surface area contributed by atoms with Gasteiger partial charge in [0.05, 0.1) is 5.75 Å². The molecule has 2 saturated heterocycles. The number of rotatable bonds is 2. The Labute approximate surface area is 145 Å². The fourth-order valence-electron chi connectivity index (χ4n) is 1.95. The van der Waals surface area contributed by atoms with Gasteiger partial charge in [0.2, 0.25) is 5.96 Å². The van der Waals surface area contributed by atoms with Crippen LogP contribution < -0.4 is 10.6 Å². The number of thioether (sulfide) groups is 1. The molecule has 1 aromatic carbocycles. The molecule has 24 heavy (non-hydrogen) atoms. The number of aromatic hydroxyl groups is 1. The number of hydrogen-bond acceptors (Lipinski definition) is 7.